The van der Waals surface area contributed by atoms with Crippen LogP contribution in [-0.4, -0.2) is 37.2 Å². The van der Waals surface area contributed by atoms with E-state index in [0.29, 0.717) is 37.4 Å². The average molecular weight is 406 g/mol. The summed E-state index contributed by atoms with van der Waals surface area (Å²) in [6.45, 7) is 7.22. The summed E-state index contributed by atoms with van der Waals surface area (Å²) < 4.78 is 37.7. The number of hydrogen-bond donors (Lipinski definition) is 0. The highest BCUT2D eigenvalue weighted by molar-refractivity contribution is 5.90. The van der Waals surface area contributed by atoms with Crippen molar-refractivity contribution in [3.05, 3.63) is 29.1 Å². The number of rotatable bonds is 5. The molecule has 3 aliphatic rings. The van der Waals surface area contributed by atoms with Crippen molar-refractivity contribution in [3.63, 3.8) is 0 Å². The minimum Gasteiger partial charge on any atom is -0.493 e. The van der Waals surface area contributed by atoms with E-state index < -0.39 is 17.4 Å². The van der Waals surface area contributed by atoms with Crippen LogP contribution in [0.15, 0.2) is 12.1 Å². The number of ether oxygens (including phenoxy) is 4. The highest BCUT2D eigenvalue weighted by Gasteiger charge is 2.40. The summed E-state index contributed by atoms with van der Waals surface area (Å²) in [6, 6.07) is 2.99. The molecular weight excluding hydrogens is 375 g/mol. The molecule has 0 N–H and O–H groups in total. The first-order valence-electron chi connectivity index (χ1n) is 10.7. The van der Waals surface area contributed by atoms with Gasteiger partial charge in [0, 0.05) is 18.9 Å². The molecule has 4 rings (SSSR count). The van der Waals surface area contributed by atoms with Crippen molar-refractivity contribution in [1.82, 2.24) is 0 Å². The second kappa shape index (κ2) is 7.88. The Balaban J connectivity index is 1.42. The molecule has 0 unspecified atom stereocenters. The second-order valence-electron chi connectivity index (χ2n) is 9.51. The number of benzene rings is 1. The molecule has 1 aromatic carbocycles. The fourth-order valence-corrected chi connectivity index (χ4v) is 4.18. The zero-order valence-corrected chi connectivity index (χ0v) is 17.6. The van der Waals surface area contributed by atoms with E-state index in [1.165, 1.54) is 6.07 Å². The maximum absolute atomic E-state index is 14.7. The zero-order chi connectivity index (χ0) is 20.6. The lowest BCUT2D eigenvalue weighted by molar-refractivity contribution is -0.183. The predicted octanol–water partition coefficient (Wildman–Crippen LogP) is 4.97. The minimum atomic E-state index is -0.663. The van der Waals surface area contributed by atoms with Gasteiger partial charge in [0.15, 0.2) is 5.79 Å². The van der Waals surface area contributed by atoms with Gasteiger partial charge in [-0.3, -0.25) is 0 Å². The van der Waals surface area contributed by atoms with E-state index in [2.05, 4.69) is 0 Å². The highest BCUT2D eigenvalue weighted by Crippen LogP contribution is 2.46. The van der Waals surface area contributed by atoms with Crippen LogP contribution < -0.4 is 4.74 Å². The van der Waals surface area contributed by atoms with Gasteiger partial charge in [-0.25, -0.2) is 9.18 Å². The normalized spacial score (nSPS) is 22.1. The van der Waals surface area contributed by atoms with E-state index in [-0.39, 0.29) is 11.4 Å². The Bertz CT molecular complexity index is 749. The molecule has 0 bridgehead atoms. The van der Waals surface area contributed by atoms with Crippen LogP contribution in [-0.2, 0) is 14.2 Å². The lowest BCUT2D eigenvalue weighted by atomic mass is 9.85. The van der Waals surface area contributed by atoms with Gasteiger partial charge in [-0.05, 0) is 69.9 Å². The summed E-state index contributed by atoms with van der Waals surface area (Å²) in [7, 11) is 0. The molecule has 5 nitrogen and oxygen atoms in total. The Kier molecular flexibility index (Phi) is 5.60. The van der Waals surface area contributed by atoms with Gasteiger partial charge in [0.2, 0.25) is 0 Å². The molecular formula is C23H31FO5. The lowest BCUT2D eigenvalue weighted by Crippen LogP contribution is -2.36. The molecule has 160 valence electrons. The molecule has 1 aromatic rings. The van der Waals surface area contributed by atoms with Gasteiger partial charge < -0.3 is 18.9 Å². The second-order valence-corrected chi connectivity index (χ2v) is 9.51. The quantitative estimate of drug-likeness (QED) is 0.646. The molecule has 0 amide bonds. The lowest BCUT2D eigenvalue weighted by Gasteiger charge is -2.35. The van der Waals surface area contributed by atoms with Crippen LogP contribution >= 0.6 is 0 Å². The predicted molar refractivity (Wildman–Crippen MR) is 106 cm³/mol. The van der Waals surface area contributed by atoms with Crippen molar-refractivity contribution < 1.29 is 28.1 Å². The Morgan fingerprint density at radius 1 is 1.14 bits per heavy atom. The molecule has 6 heteroatoms. The van der Waals surface area contributed by atoms with Crippen LogP contribution in [0, 0.1) is 11.7 Å². The van der Waals surface area contributed by atoms with Crippen molar-refractivity contribution in [2.24, 2.45) is 5.92 Å². The Morgan fingerprint density at radius 3 is 2.38 bits per heavy atom. The first kappa shape index (κ1) is 20.6. The standard InChI is InChI=1S/C23H31FO5/c1-22(2,3)29-21(25)18-12-17(16-4-5-16)20(13-19(18)24)26-14-15-6-8-23(9-7-15)27-10-11-28-23/h12-13,15-16H,4-11,14H2,1-3H3. The summed E-state index contributed by atoms with van der Waals surface area (Å²) in [5, 5.41) is 0. The van der Waals surface area contributed by atoms with Crippen LogP contribution in [0.3, 0.4) is 0 Å². The first-order valence-corrected chi connectivity index (χ1v) is 10.7. The maximum atomic E-state index is 14.7. The Labute approximate surface area is 171 Å². The molecule has 0 atom stereocenters. The summed E-state index contributed by atoms with van der Waals surface area (Å²) in [6.07, 6.45) is 5.77. The van der Waals surface area contributed by atoms with Gasteiger partial charge in [0.1, 0.15) is 17.2 Å². The van der Waals surface area contributed by atoms with E-state index in [1.807, 2.05) is 0 Å². The van der Waals surface area contributed by atoms with Gasteiger partial charge in [-0.2, -0.15) is 0 Å². The number of esters is 1. The van der Waals surface area contributed by atoms with Gasteiger partial charge in [-0.15, -0.1) is 0 Å². The van der Waals surface area contributed by atoms with E-state index in [9.17, 15) is 9.18 Å². The number of halogens is 1. The molecule has 1 saturated heterocycles. The third-order valence-electron chi connectivity index (χ3n) is 5.89. The zero-order valence-electron chi connectivity index (χ0n) is 17.6. The van der Waals surface area contributed by atoms with Crippen LogP contribution in [0.4, 0.5) is 4.39 Å². The molecule has 2 aliphatic carbocycles. The van der Waals surface area contributed by atoms with Gasteiger partial charge in [0.25, 0.3) is 0 Å². The van der Waals surface area contributed by atoms with E-state index in [0.717, 1.165) is 44.1 Å². The van der Waals surface area contributed by atoms with Crippen molar-refractivity contribution in [1.29, 1.82) is 0 Å². The molecule has 3 fully saturated rings. The third-order valence-corrected chi connectivity index (χ3v) is 5.89. The summed E-state index contributed by atoms with van der Waals surface area (Å²) in [4.78, 5) is 12.4. The van der Waals surface area contributed by atoms with Crippen molar-refractivity contribution >= 4 is 5.97 Å². The molecule has 1 spiro atoms. The fraction of sp³-hybridized carbons (Fsp3) is 0.696. The molecule has 1 aliphatic heterocycles. The van der Waals surface area contributed by atoms with Crippen LogP contribution in [0.5, 0.6) is 5.75 Å². The third kappa shape index (κ3) is 4.92. The smallest absolute Gasteiger partial charge is 0.341 e. The molecule has 2 saturated carbocycles. The molecule has 1 heterocycles. The number of hydrogen-bond acceptors (Lipinski definition) is 5. The Hall–Kier alpha value is -1.66. The van der Waals surface area contributed by atoms with E-state index in [1.54, 1.807) is 26.8 Å². The first-order chi connectivity index (χ1) is 13.7. The maximum Gasteiger partial charge on any atom is 0.341 e. The van der Waals surface area contributed by atoms with Gasteiger partial charge >= 0.3 is 5.97 Å². The van der Waals surface area contributed by atoms with Crippen molar-refractivity contribution in [2.75, 3.05) is 19.8 Å². The van der Waals surface area contributed by atoms with Crippen molar-refractivity contribution in [3.8, 4) is 5.75 Å². The monoisotopic (exact) mass is 406 g/mol. The van der Waals surface area contributed by atoms with E-state index in [4.69, 9.17) is 18.9 Å². The molecule has 29 heavy (non-hydrogen) atoms. The average Bonchev–Trinajstić information content (AvgIpc) is 3.40. The molecule has 0 radical (unpaired) electrons. The van der Waals surface area contributed by atoms with Gasteiger partial charge in [0.05, 0.1) is 25.4 Å². The van der Waals surface area contributed by atoms with Crippen LogP contribution in [0.25, 0.3) is 0 Å². The summed E-state index contributed by atoms with van der Waals surface area (Å²) in [5.41, 5.74) is 0.245. The van der Waals surface area contributed by atoms with Crippen LogP contribution in [0.1, 0.15) is 81.1 Å². The fourth-order valence-electron chi connectivity index (χ4n) is 4.18. The Morgan fingerprint density at radius 2 is 1.79 bits per heavy atom. The number of carbonyl (C=O) groups excluding carboxylic acids is 1. The summed E-state index contributed by atoms with van der Waals surface area (Å²) >= 11 is 0. The number of carbonyl (C=O) groups is 1. The van der Waals surface area contributed by atoms with Crippen molar-refractivity contribution in [2.45, 2.75) is 76.6 Å². The highest BCUT2D eigenvalue weighted by atomic mass is 19.1. The summed E-state index contributed by atoms with van der Waals surface area (Å²) in [5.74, 6) is -0.301. The molecule has 0 aromatic heterocycles. The SMILES string of the molecule is CC(C)(C)OC(=O)c1cc(C2CC2)c(OCC2CCC3(CC2)OCCO3)cc1F. The van der Waals surface area contributed by atoms with Crippen LogP contribution in [0.2, 0.25) is 0 Å². The minimum absolute atomic E-state index is 0.00989. The van der Waals surface area contributed by atoms with Gasteiger partial charge in [-0.1, -0.05) is 0 Å². The topological polar surface area (TPSA) is 54.0 Å². The largest absolute Gasteiger partial charge is 0.493 e. The van der Waals surface area contributed by atoms with E-state index >= 15 is 0 Å².